The van der Waals surface area contributed by atoms with Crippen LogP contribution in [-0.2, 0) is 24.1 Å². The number of ketones is 2. The van der Waals surface area contributed by atoms with E-state index in [-0.39, 0.29) is 33.8 Å². The molecular formula is C19H24O7S. The van der Waals surface area contributed by atoms with Crippen molar-refractivity contribution < 1.29 is 32.3 Å². The topological polar surface area (TPSA) is 104 Å². The van der Waals surface area contributed by atoms with Crippen molar-refractivity contribution in [2.24, 2.45) is 0 Å². The molecule has 0 atom stereocenters. The van der Waals surface area contributed by atoms with Crippen LogP contribution in [0, 0.1) is 6.92 Å². The van der Waals surface area contributed by atoms with Crippen LogP contribution in [0.5, 0.6) is 0 Å². The van der Waals surface area contributed by atoms with Gasteiger partial charge in [0.1, 0.15) is 0 Å². The van der Waals surface area contributed by atoms with Crippen LogP contribution in [0.15, 0.2) is 28.9 Å². The van der Waals surface area contributed by atoms with Gasteiger partial charge in [0.2, 0.25) is 0 Å². The average Bonchev–Trinajstić information content (AvgIpc) is 2.52. The maximum Gasteiger partial charge on any atom is 0.340 e. The van der Waals surface area contributed by atoms with Crippen molar-refractivity contribution in [1.29, 1.82) is 0 Å². The van der Waals surface area contributed by atoms with Crippen LogP contribution in [0.1, 0.15) is 54.0 Å². The van der Waals surface area contributed by atoms with E-state index < -0.39 is 33.5 Å². The zero-order valence-electron chi connectivity index (χ0n) is 16.3. The van der Waals surface area contributed by atoms with Crippen molar-refractivity contribution in [2.45, 2.75) is 45.6 Å². The van der Waals surface area contributed by atoms with E-state index >= 15 is 0 Å². The van der Waals surface area contributed by atoms with Crippen molar-refractivity contribution in [3.8, 4) is 0 Å². The van der Waals surface area contributed by atoms with Gasteiger partial charge in [-0.2, -0.15) is 0 Å². The lowest BCUT2D eigenvalue weighted by Gasteiger charge is -2.16. The molecule has 0 amide bonds. The molecular weight excluding hydrogens is 372 g/mol. The standard InChI is InChI=1S/C19H24O7S/c1-7-25-10-15(13(5)20)18(21)14-8-9-16(27(6,23)24)17(12(14)4)19(22)26-11(2)3/h8-11H,7H2,1-6H3. The number of carbonyl (C=O) groups is 3. The number of hydrogen-bond acceptors (Lipinski definition) is 7. The van der Waals surface area contributed by atoms with Crippen LogP contribution in [0.4, 0.5) is 0 Å². The van der Waals surface area contributed by atoms with Gasteiger partial charge >= 0.3 is 5.97 Å². The summed E-state index contributed by atoms with van der Waals surface area (Å²) >= 11 is 0. The molecule has 27 heavy (non-hydrogen) atoms. The molecule has 0 saturated carbocycles. The number of hydrogen-bond donors (Lipinski definition) is 0. The lowest BCUT2D eigenvalue weighted by atomic mass is 9.94. The predicted octanol–water partition coefficient (Wildman–Crippen LogP) is 2.66. The third kappa shape index (κ3) is 5.50. The van der Waals surface area contributed by atoms with Gasteiger partial charge in [-0.3, -0.25) is 9.59 Å². The second-order valence-electron chi connectivity index (χ2n) is 6.21. The Morgan fingerprint density at radius 1 is 1.19 bits per heavy atom. The molecule has 0 aromatic heterocycles. The summed E-state index contributed by atoms with van der Waals surface area (Å²) in [6.45, 7) is 7.88. The molecule has 1 rings (SSSR count). The molecule has 0 unspecified atom stereocenters. The summed E-state index contributed by atoms with van der Waals surface area (Å²) in [4.78, 5) is 36.9. The summed E-state index contributed by atoms with van der Waals surface area (Å²) < 4.78 is 34.4. The van der Waals surface area contributed by atoms with Gasteiger partial charge in [-0.25, -0.2) is 13.2 Å². The molecule has 0 aliphatic heterocycles. The number of ether oxygens (including phenoxy) is 2. The minimum absolute atomic E-state index is 0.0271. The summed E-state index contributed by atoms with van der Waals surface area (Å²) in [5.41, 5.74) is -0.261. The Labute approximate surface area is 159 Å². The molecule has 0 saturated heterocycles. The van der Waals surface area contributed by atoms with E-state index in [0.717, 1.165) is 12.5 Å². The van der Waals surface area contributed by atoms with Crippen LogP contribution >= 0.6 is 0 Å². The monoisotopic (exact) mass is 396 g/mol. The van der Waals surface area contributed by atoms with Gasteiger partial charge in [-0.15, -0.1) is 0 Å². The van der Waals surface area contributed by atoms with Crippen LogP contribution < -0.4 is 0 Å². The molecule has 1 aromatic rings. The fourth-order valence-corrected chi connectivity index (χ4v) is 3.30. The number of carbonyl (C=O) groups excluding carboxylic acids is 3. The van der Waals surface area contributed by atoms with Crippen molar-refractivity contribution in [1.82, 2.24) is 0 Å². The van der Waals surface area contributed by atoms with Crippen LogP contribution in [0.2, 0.25) is 0 Å². The molecule has 0 spiro atoms. The smallest absolute Gasteiger partial charge is 0.340 e. The lowest BCUT2D eigenvalue weighted by molar-refractivity contribution is -0.113. The maximum absolute atomic E-state index is 12.8. The van der Waals surface area contributed by atoms with Crippen molar-refractivity contribution in [3.63, 3.8) is 0 Å². The summed E-state index contributed by atoms with van der Waals surface area (Å²) in [6.07, 6.45) is 1.56. The van der Waals surface area contributed by atoms with E-state index in [9.17, 15) is 22.8 Å². The highest BCUT2D eigenvalue weighted by Crippen LogP contribution is 2.26. The Morgan fingerprint density at radius 3 is 2.22 bits per heavy atom. The second-order valence-corrected chi connectivity index (χ2v) is 8.19. The number of benzene rings is 1. The van der Waals surface area contributed by atoms with Crippen molar-refractivity contribution >= 4 is 27.4 Å². The maximum atomic E-state index is 12.8. The quantitative estimate of drug-likeness (QED) is 0.166. The zero-order chi connectivity index (χ0) is 20.9. The van der Waals surface area contributed by atoms with Gasteiger partial charge in [-0.1, -0.05) is 0 Å². The number of sulfone groups is 1. The third-order valence-corrected chi connectivity index (χ3v) is 4.75. The average molecular weight is 396 g/mol. The Bertz CT molecular complexity index is 893. The number of allylic oxidation sites excluding steroid dienone is 1. The first-order valence-electron chi connectivity index (χ1n) is 8.33. The van der Waals surface area contributed by atoms with Crippen LogP contribution in [-0.4, -0.2) is 44.9 Å². The predicted molar refractivity (Wildman–Crippen MR) is 99.6 cm³/mol. The highest BCUT2D eigenvalue weighted by atomic mass is 32.2. The molecule has 0 N–H and O–H groups in total. The van der Waals surface area contributed by atoms with Gasteiger partial charge in [0.25, 0.3) is 0 Å². The van der Waals surface area contributed by atoms with E-state index in [2.05, 4.69) is 0 Å². The molecule has 7 nitrogen and oxygen atoms in total. The Morgan fingerprint density at radius 2 is 1.78 bits per heavy atom. The first kappa shape index (κ1) is 22.6. The first-order chi connectivity index (χ1) is 12.4. The van der Waals surface area contributed by atoms with Crippen molar-refractivity contribution in [3.05, 3.63) is 40.7 Å². The molecule has 0 aliphatic carbocycles. The molecule has 0 fully saturated rings. The lowest BCUT2D eigenvalue weighted by Crippen LogP contribution is -2.20. The minimum Gasteiger partial charge on any atom is -0.501 e. The van der Waals surface area contributed by atoms with Gasteiger partial charge in [0.15, 0.2) is 21.4 Å². The third-order valence-electron chi connectivity index (χ3n) is 3.61. The first-order valence-corrected chi connectivity index (χ1v) is 10.2. The molecule has 0 bridgehead atoms. The van der Waals surface area contributed by atoms with Gasteiger partial charge < -0.3 is 9.47 Å². The van der Waals surface area contributed by atoms with Gasteiger partial charge in [0, 0.05) is 11.8 Å². The summed E-state index contributed by atoms with van der Waals surface area (Å²) in [5, 5.41) is 0. The van der Waals surface area contributed by atoms with E-state index in [1.807, 2.05) is 0 Å². The molecule has 8 heteroatoms. The number of rotatable bonds is 8. The Hall–Kier alpha value is -2.48. The fraction of sp³-hybridized carbons (Fsp3) is 0.421. The zero-order valence-corrected chi connectivity index (χ0v) is 17.1. The summed E-state index contributed by atoms with van der Waals surface area (Å²) in [6, 6.07) is 2.45. The normalized spacial score (nSPS) is 12.0. The second kappa shape index (κ2) is 8.94. The number of esters is 1. The Kier molecular flexibility index (Phi) is 7.47. The molecule has 0 radical (unpaired) electrons. The summed E-state index contributed by atoms with van der Waals surface area (Å²) in [7, 11) is -3.75. The van der Waals surface area contributed by atoms with E-state index in [0.29, 0.717) is 0 Å². The summed E-state index contributed by atoms with van der Waals surface area (Å²) in [5.74, 6) is -2.02. The Balaban J connectivity index is 3.67. The SMILES string of the molecule is CCOC=C(C(C)=O)C(=O)c1ccc(S(C)(=O)=O)c(C(=O)OC(C)C)c1C. The minimum atomic E-state index is -3.75. The molecule has 0 heterocycles. The number of Topliss-reactive ketones (excluding diaryl/α,β-unsaturated/α-hetero) is 2. The fourth-order valence-electron chi connectivity index (χ4n) is 2.38. The van der Waals surface area contributed by atoms with Crippen molar-refractivity contribution in [2.75, 3.05) is 12.9 Å². The van der Waals surface area contributed by atoms with E-state index in [4.69, 9.17) is 9.47 Å². The highest BCUT2D eigenvalue weighted by Gasteiger charge is 2.28. The van der Waals surface area contributed by atoms with E-state index in [1.165, 1.54) is 26.0 Å². The van der Waals surface area contributed by atoms with Gasteiger partial charge in [0.05, 0.1) is 35.0 Å². The largest absolute Gasteiger partial charge is 0.501 e. The highest BCUT2D eigenvalue weighted by molar-refractivity contribution is 7.90. The van der Waals surface area contributed by atoms with Crippen LogP contribution in [0.3, 0.4) is 0 Å². The van der Waals surface area contributed by atoms with Crippen LogP contribution in [0.25, 0.3) is 0 Å². The van der Waals surface area contributed by atoms with Gasteiger partial charge in [-0.05, 0) is 52.3 Å². The molecule has 0 aliphatic rings. The molecule has 1 aromatic carbocycles. The molecule has 148 valence electrons. The van der Waals surface area contributed by atoms with E-state index in [1.54, 1.807) is 20.8 Å².